The molecule has 1 aromatic carbocycles. The predicted molar refractivity (Wildman–Crippen MR) is 121 cm³/mol. The zero-order chi connectivity index (χ0) is 21.3. The molecule has 0 radical (unpaired) electrons. The fourth-order valence-corrected chi connectivity index (χ4v) is 5.16. The highest BCUT2D eigenvalue weighted by Gasteiger charge is 2.49. The minimum absolute atomic E-state index is 0.0519. The van der Waals surface area contributed by atoms with Crippen molar-refractivity contribution in [1.29, 1.82) is 0 Å². The van der Waals surface area contributed by atoms with E-state index in [1.54, 1.807) is 29.7 Å². The first-order valence-electron chi connectivity index (χ1n) is 11.0. The fourth-order valence-electron chi connectivity index (χ4n) is 5.16. The van der Waals surface area contributed by atoms with E-state index in [0.29, 0.717) is 12.4 Å². The van der Waals surface area contributed by atoms with E-state index in [4.69, 9.17) is 0 Å². The van der Waals surface area contributed by atoms with E-state index in [0.717, 1.165) is 43.4 Å². The lowest BCUT2D eigenvalue weighted by molar-refractivity contribution is 0.184. The number of nitrogens with zero attached hydrogens (tertiary/aromatic N) is 4. The second-order valence-electron chi connectivity index (χ2n) is 8.80. The molecule has 1 aliphatic carbocycles. The summed E-state index contributed by atoms with van der Waals surface area (Å²) in [6.07, 6.45) is 12.2. The maximum Gasteiger partial charge on any atom is 0.322 e. The monoisotopic (exact) mass is 413 g/mol. The SMILES string of the molecule is CC[C@]1(c2ccccc2)CC[C@]2(CC1)CN(c1cnc(-c3ccncc3)nc1)C(=O)N2. The molecule has 0 unspecified atom stereocenters. The first kappa shape index (κ1) is 19.7. The van der Waals surface area contributed by atoms with Crippen molar-refractivity contribution in [2.75, 3.05) is 11.4 Å². The summed E-state index contributed by atoms with van der Waals surface area (Å²) in [5.74, 6) is 0.633. The van der Waals surface area contributed by atoms with Crippen LogP contribution in [0.1, 0.15) is 44.6 Å². The summed E-state index contributed by atoms with van der Waals surface area (Å²) in [5.41, 5.74) is 3.11. The second-order valence-corrected chi connectivity index (χ2v) is 8.80. The largest absolute Gasteiger partial charge is 0.330 e. The number of aromatic nitrogens is 3. The minimum Gasteiger partial charge on any atom is -0.330 e. The maximum absolute atomic E-state index is 12.9. The number of carbonyl (C=O) groups is 1. The van der Waals surface area contributed by atoms with Crippen LogP contribution in [0.5, 0.6) is 0 Å². The van der Waals surface area contributed by atoms with Crippen molar-refractivity contribution in [2.45, 2.75) is 50.0 Å². The molecule has 5 rings (SSSR count). The molecule has 6 nitrogen and oxygen atoms in total. The molecule has 3 heterocycles. The van der Waals surface area contributed by atoms with Gasteiger partial charge in [-0.25, -0.2) is 14.8 Å². The van der Waals surface area contributed by atoms with Crippen LogP contribution in [0.15, 0.2) is 67.3 Å². The highest BCUT2D eigenvalue weighted by molar-refractivity contribution is 5.95. The van der Waals surface area contributed by atoms with Gasteiger partial charge in [0.15, 0.2) is 5.82 Å². The number of anilines is 1. The molecule has 1 saturated carbocycles. The fraction of sp³-hybridized carbons (Fsp3) is 0.360. The molecule has 6 heteroatoms. The lowest BCUT2D eigenvalue weighted by Crippen LogP contribution is -2.49. The van der Waals surface area contributed by atoms with Gasteiger partial charge < -0.3 is 5.32 Å². The highest BCUT2D eigenvalue weighted by Crippen LogP contribution is 2.47. The molecule has 3 aromatic rings. The van der Waals surface area contributed by atoms with E-state index >= 15 is 0 Å². The molecule has 1 N–H and O–H groups in total. The third-order valence-corrected chi connectivity index (χ3v) is 7.19. The molecule has 2 fully saturated rings. The van der Waals surface area contributed by atoms with Crippen LogP contribution in [-0.4, -0.2) is 33.1 Å². The molecule has 1 saturated heterocycles. The molecule has 0 atom stereocenters. The molecular weight excluding hydrogens is 386 g/mol. The summed E-state index contributed by atoms with van der Waals surface area (Å²) < 4.78 is 0. The Hall–Kier alpha value is -3.28. The number of urea groups is 1. The number of hydrogen-bond donors (Lipinski definition) is 1. The van der Waals surface area contributed by atoms with E-state index in [9.17, 15) is 4.79 Å². The van der Waals surface area contributed by atoms with Crippen LogP contribution in [0.2, 0.25) is 0 Å². The minimum atomic E-state index is -0.172. The third-order valence-electron chi connectivity index (χ3n) is 7.19. The molecule has 2 aromatic heterocycles. The van der Waals surface area contributed by atoms with E-state index in [2.05, 4.69) is 57.5 Å². The smallest absolute Gasteiger partial charge is 0.322 e. The maximum atomic E-state index is 12.9. The molecule has 158 valence electrons. The second kappa shape index (κ2) is 7.76. The Morgan fingerprint density at radius 1 is 0.968 bits per heavy atom. The lowest BCUT2D eigenvalue weighted by Gasteiger charge is -2.44. The van der Waals surface area contributed by atoms with Gasteiger partial charge in [0.05, 0.1) is 30.2 Å². The molecular formula is C25H27N5O. The Morgan fingerprint density at radius 3 is 2.29 bits per heavy atom. The Bertz CT molecular complexity index is 1040. The van der Waals surface area contributed by atoms with Gasteiger partial charge in [-0.15, -0.1) is 0 Å². The van der Waals surface area contributed by atoms with Gasteiger partial charge in [0, 0.05) is 18.0 Å². The van der Waals surface area contributed by atoms with Gasteiger partial charge in [-0.3, -0.25) is 9.88 Å². The van der Waals surface area contributed by atoms with Crippen LogP contribution in [0.3, 0.4) is 0 Å². The summed E-state index contributed by atoms with van der Waals surface area (Å²) in [6.45, 7) is 2.95. The van der Waals surface area contributed by atoms with Crippen molar-refractivity contribution in [3.63, 3.8) is 0 Å². The van der Waals surface area contributed by atoms with Gasteiger partial charge in [0.1, 0.15) is 0 Å². The quantitative estimate of drug-likeness (QED) is 0.671. The molecule has 2 aliphatic rings. The summed E-state index contributed by atoms with van der Waals surface area (Å²) in [6, 6.07) is 14.5. The number of hydrogen-bond acceptors (Lipinski definition) is 4. The van der Waals surface area contributed by atoms with Crippen molar-refractivity contribution >= 4 is 11.7 Å². The number of pyridine rings is 1. The van der Waals surface area contributed by atoms with Gasteiger partial charge >= 0.3 is 6.03 Å². The average Bonchev–Trinajstić information content (AvgIpc) is 3.17. The predicted octanol–water partition coefficient (Wildman–Crippen LogP) is 4.73. The van der Waals surface area contributed by atoms with E-state index in [1.807, 2.05) is 12.1 Å². The van der Waals surface area contributed by atoms with E-state index in [1.165, 1.54) is 5.56 Å². The van der Waals surface area contributed by atoms with Gasteiger partial charge in [-0.2, -0.15) is 0 Å². The zero-order valence-electron chi connectivity index (χ0n) is 17.8. The number of amides is 2. The first-order chi connectivity index (χ1) is 15.1. The summed E-state index contributed by atoms with van der Waals surface area (Å²) >= 11 is 0. The number of rotatable bonds is 4. The van der Waals surface area contributed by atoms with Crippen LogP contribution in [-0.2, 0) is 5.41 Å². The Labute approximate surface area is 182 Å². The van der Waals surface area contributed by atoms with Crippen molar-refractivity contribution in [3.05, 3.63) is 72.8 Å². The van der Waals surface area contributed by atoms with Crippen LogP contribution in [0.4, 0.5) is 10.5 Å². The van der Waals surface area contributed by atoms with Crippen molar-refractivity contribution in [1.82, 2.24) is 20.3 Å². The van der Waals surface area contributed by atoms with Crippen molar-refractivity contribution in [2.24, 2.45) is 0 Å². The number of nitrogens with one attached hydrogen (secondary N) is 1. The molecule has 1 spiro atoms. The average molecular weight is 414 g/mol. The Morgan fingerprint density at radius 2 is 1.65 bits per heavy atom. The van der Waals surface area contributed by atoms with Gasteiger partial charge in [-0.05, 0) is 55.2 Å². The molecule has 1 aliphatic heterocycles. The lowest BCUT2D eigenvalue weighted by atomic mass is 9.63. The zero-order valence-corrected chi connectivity index (χ0v) is 17.8. The molecule has 31 heavy (non-hydrogen) atoms. The standard InChI is InChI=1S/C25H27N5O/c1-2-24(20-6-4-3-5-7-20)10-12-25(13-11-24)18-30(23(31)29-25)21-16-27-22(28-17-21)19-8-14-26-15-9-19/h3-9,14-17H,2,10-13,18H2,1H3,(H,29,31)/t24-,25-. The van der Waals surface area contributed by atoms with Gasteiger partial charge in [0.2, 0.25) is 0 Å². The van der Waals surface area contributed by atoms with E-state index < -0.39 is 0 Å². The topological polar surface area (TPSA) is 71.0 Å². The number of carbonyl (C=O) groups excluding carboxylic acids is 1. The summed E-state index contributed by atoms with van der Waals surface area (Å²) in [7, 11) is 0. The Balaban J connectivity index is 1.31. The molecule has 0 bridgehead atoms. The Kier molecular flexibility index (Phi) is 4.93. The van der Waals surface area contributed by atoms with E-state index in [-0.39, 0.29) is 17.0 Å². The van der Waals surface area contributed by atoms with Gasteiger partial charge in [0.25, 0.3) is 0 Å². The first-order valence-corrected chi connectivity index (χ1v) is 11.0. The van der Waals surface area contributed by atoms with Crippen molar-refractivity contribution < 1.29 is 4.79 Å². The van der Waals surface area contributed by atoms with Crippen LogP contribution >= 0.6 is 0 Å². The van der Waals surface area contributed by atoms with Gasteiger partial charge in [-0.1, -0.05) is 37.3 Å². The summed E-state index contributed by atoms with van der Waals surface area (Å²) in [4.78, 5) is 27.6. The third kappa shape index (κ3) is 3.56. The van der Waals surface area contributed by atoms with Crippen molar-refractivity contribution in [3.8, 4) is 11.4 Å². The highest BCUT2D eigenvalue weighted by atomic mass is 16.2. The van der Waals surface area contributed by atoms with Crippen LogP contribution in [0, 0.1) is 0 Å². The normalized spacial score (nSPS) is 25.6. The number of benzene rings is 1. The van der Waals surface area contributed by atoms with Crippen LogP contribution in [0.25, 0.3) is 11.4 Å². The van der Waals surface area contributed by atoms with Crippen LogP contribution < -0.4 is 10.2 Å². The molecule has 2 amide bonds. The summed E-state index contributed by atoms with van der Waals surface area (Å²) in [5, 5.41) is 3.30.